The summed E-state index contributed by atoms with van der Waals surface area (Å²) in [6.45, 7) is 3.57. The number of ether oxygens (including phenoxy) is 1. The summed E-state index contributed by atoms with van der Waals surface area (Å²) < 4.78 is 12.8. The molecule has 2 aromatic heterocycles. The summed E-state index contributed by atoms with van der Waals surface area (Å²) in [4.78, 5) is 41.6. The Morgan fingerprint density at radius 3 is 2.66 bits per heavy atom. The first-order chi connectivity index (χ1) is 16.8. The fraction of sp³-hybridized carbons (Fsp3) is 0.423. The Hall–Kier alpha value is -3.75. The van der Waals surface area contributed by atoms with Gasteiger partial charge in [-0.3, -0.25) is 14.4 Å². The number of hydrogen-bond donors (Lipinski definition) is 2. The van der Waals surface area contributed by atoms with Crippen molar-refractivity contribution in [2.24, 2.45) is 0 Å². The zero-order valence-electron chi connectivity index (χ0n) is 20.2. The highest BCUT2D eigenvalue weighted by Crippen LogP contribution is 2.40. The van der Waals surface area contributed by atoms with Crippen molar-refractivity contribution in [1.82, 2.24) is 14.8 Å². The average molecular weight is 479 g/mol. The SMILES string of the molecule is COc1ccc2c(c1)c(NC(C)=O)c1n2C[C@@](C)(C(=O)NC2CCCC2)N(Cc2ccco2)C1=O. The summed E-state index contributed by atoms with van der Waals surface area (Å²) in [5, 5.41) is 6.72. The number of rotatable bonds is 6. The van der Waals surface area contributed by atoms with E-state index in [0.717, 1.165) is 31.2 Å². The molecular formula is C26H30N4O5. The molecule has 9 nitrogen and oxygen atoms in total. The highest BCUT2D eigenvalue weighted by Gasteiger charge is 2.49. The van der Waals surface area contributed by atoms with Gasteiger partial charge in [-0.05, 0) is 50.1 Å². The van der Waals surface area contributed by atoms with Gasteiger partial charge in [-0.1, -0.05) is 12.8 Å². The van der Waals surface area contributed by atoms with Crippen LogP contribution in [0, 0.1) is 0 Å². The Morgan fingerprint density at radius 2 is 2.00 bits per heavy atom. The Balaban J connectivity index is 1.66. The van der Waals surface area contributed by atoms with Gasteiger partial charge in [0.25, 0.3) is 5.91 Å². The molecule has 1 fully saturated rings. The van der Waals surface area contributed by atoms with E-state index in [-0.39, 0.29) is 36.9 Å². The van der Waals surface area contributed by atoms with E-state index in [4.69, 9.17) is 9.15 Å². The second-order valence-corrected chi connectivity index (χ2v) is 9.57. The first-order valence-corrected chi connectivity index (χ1v) is 11.9. The number of carbonyl (C=O) groups is 3. The third-order valence-corrected chi connectivity index (χ3v) is 7.15. The molecule has 5 rings (SSSR count). The average Bonchev–Trinajstić information content (AvgIpc) is 3.58. The van der Waals surface area contributed by atoms with Crippen molar-refractivity contribution >= 4 is 34.3 Å². The number of carbonyl (C=O) groups excluding carboxylic acids is 3. The van der Waals surface area contributed by atoms with Gasteiger partial charge < -0.3 is 29.3 Å². The molecule has 1 saturated carbocycles. The van der Waals surface area contributed by atoms with Crippen LogP contribution in [0.5, 0.6) is 5.75 Å². The lowest BCUT2D eigenvalue weighted by Crippen LogP contribution is -2.64. The molecule has 0 saturated heterocycles. The third-order valence-electron chi connectivity index (χ3n) is 7.15. The molecule has 9 heteroatoms. The maximum atomic E-state index is 14.1. The number of amides is 3. The van der Waals surface area contributed by atoms with Gasteiger partial charge in [0.05, 0.1) is 37.7 Å². The minimum Gasteiger partial charge on any atom is -0.497 e. The van der Waals surface area contributed by atoms with E-state index in [9.17, 15) is 14.4 Å². The zero-order chi connectivity index (χ0) is 24.7. The van der Waals surface area contributed by atoms with E-state index < -0.39 is 5.54 Å². The number of aromatic nitrogens is 1. The van der Waals surface area contributed by atoms with E-state index in [0.29, 0.717) is 28.3 Å². The van der Waals surface area contributed by atoms with Crippen molar-refractivity contribution in [2.75, 3.05) is 12.4 Å². The van der Waals surface area contributed by atoms with Crippen LogP contribution in [0.2, 0.25) is 0 Å². The normalized spacial score (nSPS) is 20.2. The maximum Gasteiger partial charge on any atom is 0.274 e. The Kier molecular flexibility index (Phi) is 5.78. The largest absolute Gasteiger partial charge is 0.497 e. The minimum atomic E-state index is -1.17. The number of nitrogens with zero attached hydrogens (tertiary/aromatic N) is 2. The summed E-state index contributed by atoms with van der Waals surface area (Å²) in [5.41, 5.74) is 0.328. The number of furan rings is 1. The zero-order valence-corrected chi connectivity index (χ0v) is 20.2. The maximum absolute atomic E-state index is 14.1. The number of benzene rings is 1. The van der Waals surface area contributed by atoms with Crippen LogP contribution in [0.3, 0.4) is 0 Å². The van der Waals surface area contributed by atoms with E-state index in [2.05, 4.69) is 10.6 Å². The topological polar surface area (TPSA) is 106 Å². The van der Waals surface area contributed by atoms with E-state index in [1.807, 2.05) is 16.7 Å². The lowest BCUT2D eigenvalue weighted by molar-refractivity contribution is -0.134. The van der Waals surface area contributed by atoms with Gasteiger partial charge in [0, 0.05) is 18.4 Å². The van der Waals surface area contributed by atoms with Crippen LogP contribution in [0.25, 0.3) is 10.9 Å². The molecule has 1 aromatic carbocycles. The van der Waals surface area contributed by atoms with Gasteiger partial charge in [0.15, 0.2) is 0 Å². The lowest BCUT2D eigenvalue weighted by Gasteiger charge is -2.44. The van der Waals surface area contributed by atoms with Crippen molar-refractivity contribution in [3.05, 3.63) is 48.0 Å². The number of hydrogen-bond acceptors (Lipinski definition) is 5. The van der Waals surface area contributed by atoms with Crippen molar-refractivity contribution in [2.45, 2.75) is 64.2 Å². The fourth-order valence-corrected chi connectivity index (χ4v) is 5.31. The van der Waals surface area contributed by atoms with E-state index in [1.165, 1.54) is 6.92 Å². The summed E-state index contributed by atoms with van der Waals surface area (Å²) in [6, 6.07) is 9.11. The van der Waals surface area contributed by atoms with Gasteiger partial charge >= 0.3 is 0 Å². The van der Waals surface area contributed by atoms with Crippen LogP contribution in [0.4, 0.5) is 5.69 Å². The highest BCUT2D eigenvalue weighted by atomic mass is 16.5. The summed E-state index contributed by atoms with van der Waals surface area (Å²) in [5.74, 6) is 0.349. The van der Waals surface area contributed by atoms with Gasteiger partial charge in [-0.25, -0.2) is 0 Å². The molecule has 0 radical (unpaired) electrons. The Bertz CT molecular complexity index is 1290. The second-order valence-electron chi connectivity index (χ2n) is 9.57. The van der Waals surface area contributed by atoms with Gasteiger partial charge in [0.1, 0.15) is 22.7 Å². The molecule has 0 bridgehead atoms. The molecule has 3 amide bonds. The van der Waals surface area contributed by atoms with Crippen molar-refractivity contribution in [3.8, 4) is 5.75 Å². The molecule has 0 spiro atoms. The molecule has 184 valence electrons. The second kappa shape index (κ2) is 8.79. The molecule has 0 unspecified atom stereocenters. The predicted octanol–water partition coefficient (Wildman–Crippen LogP) is 3.67. The van der Waals surface area contributed by atoms with Crippen LogP contribution in [-0.2, 0) is 22.7 Å². The monoisotopic (exact) mass is 478 g/mol. The van der Waals surface area contributed by atoms with Crippen molar-refractivity contribution < 1.29 is 23.5 Å². The first kappa shape index (κ1) is 23.0. The van der Waals surface area contributed by atoms with Crippen LogP contribution in [0.1, 0.15) is 55.8 Å². The minimum absolute atomic E-state index is 0.113. The van der Waals surface area contributed by atoms with Gasteiger partial charge in [0.2, 0.25) is 11.8 Å². The van der Waals surface area contributed by atoms with Gasteiger partial charge in [-0.2, -0.15) is 0 Å². The number of nitrogens with one attached hydrogen (secondary N) is 2. The van der Waals surface area contributed by atoms with Crippen molar-refractivity contribution in [3.63, 3.8) is 0 Å². The van der Waals surface area contributed by atoms with Gasteiger partial charge in [-0.15, -0.1) is 0 Å². The number of methoxy groups -OCH3 is 1. The van der Waals surface area contributed by atoms with Crippen LogP contribution in [-0.4, -0.2) is 45.9 Å². The highest BCUT2D eigenvalue weighted by molar-refractivity contribution is 6.14. The summed E-state index contributed by atoms with van der Waals surface area (Å²) >= 11 is 0. The Morgan fingerprint density at radius 1 is 1.23 bits per heavy atom. The number of anilines is 1. The van der Waals surface area contributed by atoms with Crippen LogP contribution >= 0.6 is 0 Å². The van der Waals surface area contributed by atoms with Crippen LogP contribution in [0.15, 0.2) is 41.0 Å². The molecule has 3 heterocycles. The molecule has 2 N–H and O–H groups in total. The first-order valence-electron chi connectivity index (χ1n) is 11.9. The smallest absolute Gasteiger partial charge is 0.274 e. The fourth-order valence-electron chi connectivity index (χ4n) is 5.31. The molecular weight excluding hydrogens is 448 g/mol. The summed E-state index contributed by atoms with van der Waals surface area (Å²) in [6.07, 6.45) is 5.61. The Labute approximate surface area is 203 Å². The summed E-state index contributed by atoms with van der Waals surface area (Å²) in [7, 11) is 1.57. The van der Waals surface area contributed by atoms with Crippen LogP contribution < -0.4 is 15.4 Å². The quantitative estimate of drug-likeness (QED) is 0.562. The molecule has 1 aliphatic heterocycles. The number of fused-ring (bicyclic) bond motifs is 3. The van der Waals surface area contributed by atoms with E-state index in [1.54, 1.807) is 43.4 Å². The molecule has 1 atom stereocenters. The predicted molar refractivity (Wildman–Crippen MR) is 130 cm³/mol. The standard InChI is InChI=1S/C26H30N4O5/c1-16(31)27-22-20-13-18(34-3)10-11-21(20)29-15-26(2,25(33)28-17-7-4-5-8-17)30(24(32)23(22)29)14-19-9-6-12-35-19/h6,9-13,17H,4-5,7-8,14-15H2,1-3H3,(H,27,31)(H,28,33)/t26-/m0/s1. The molecule has 1 aliphatic carbocycles. The molecule has 2 aliphatic rings. The third kappa shape index (κ3) is 3.94. The lowest BCUT2D eigenvalue weighted by atomic mass is 9.93. The molecule has 35 heavy (non-hydrogen) atoms. The molecule has 3 aromatic rings. The van der Waals surface area contributed by atoms with E-state index >= 15 is 0 Å². The van der Waals surface area contributed by atoms with Crippen molar-refractivity contribution in [1.29, 1.82) is 0 Å².